The zero-order valence-corrected chi connectivity index (χ0v) is 11.1. The Bertz CT molecular complexity index is 435. The second-order valence-corrected chi connectivity index (χ2v) is 4.59. The van der Waals surface area contributed by atoms with Crippen molar-refractivity contribution < 1.29 is 9.59 Å². The van der Waals surface area contributed by atoms with Gasteiger partial charge in [0, 0.05) is 12.7 Å². The van der Waals surface area contributed by atoms with E-state index < -0.39 is 11.8 Å². The largest absolute Gasteiger partial charge is 0.348 e. The number of carbonyl (C=O) groups excluding carboxylic acids is 2. The number of amides is 2. The smallest absolute Gasteiger partial charge is 0.313 e. The van der Waals surface area contributed by atoms with Crippen LogP contribution in [0.25, 0.3) is 0 Å². The first-order chi connectivity index (χ1) is 8.50. The Labute approximate surface area is 111 Å². The monoisotopic (exact) mass is 269 g/mol. The molecule has 1 aromatic rings. The zero-order chi connectivity index (χ0) is 13.5. The molecule has 1 heterocycles. The summed E-state index contributed by atoms with van der Waals surface area (Å²) in [5, 5.41) is 5.10. The van der Waals surface area contributed by atoms with E-state index in [1.807, 2.05) is 13.8 Å². The Morgan fingerprint density at radius 1 is 1.39 bits per heavy atom. The van der Waals surface area contributed by atoms with Gasteiger partial charge in [-0.15, -0.1) is 0 Å². The van der Waals surface area contributed by atoms with Crippen molar-refractivity contribution in [3.05, 3.63) is 23.5 Å². The number of halogens is 1. The first-order valence-electron chi connectivity index (χ1n) is 5.70. The molecule has 0 atom stereocenters. The minimum Gasteiger partial charge on any atom is -0.348 e. The number of pyridine rings is 1. The topological polar surface area (TPSA) is 71.1 Å². The number of rotatable bonds is 4. The molecular weight excluding hydrogens is 254 g/mol. The Morgan fingerprint density at radius 3 is 2.72 bits per heavy atom. The van der Waals surface area contributed by atoms with Gasteiger partial charge in [-0.05, 0) is 24.5 Å². The van der Waals surface area contributed by atoms with Gasteiger partial charge in [-0.2, -0.15) is 0 Å². The molecule has 98 valence electrons. The Kier molecular flexibility index (Phi) is 5.58. The molecule has 0 saturated carbocycles. The van der Waals surface area contributed by atoms with Crippen LogP contribution in [-0.2, 0) is 9.59 Å². The van der Waals surface area contributed by atoms with Crippen molar-refractivity contribution in [3.63, 3.8) is 0 Å². The summed E-state index contributed by atoms with van der Waals surface area (Å²) in [5.41, 5.74) is 0.322. The van der Waals surface area contributed by atoms with Crippen LogP contribution in [0.15, 0.2) is 18.3 Å². The molecule has 18 heavy (non-hydrogen) atoms. The summed E-state index contributed by atoms with van der Waals surface area (Å²) in [4.78, 5) is 26.8. The molecule has 0 aromatic carbocycles. The van der Waals surface area contributed by atoms with E-state index in [-0.39, 0.29) is 5.15 Å². The zero-order valence-electron chi connectivity index (χ0n) is 10.4. The van der Waals surface area contributed by atoms with Gasteiger partial charge in [-0.25, -0.2) is 4.98 Å². The van der Waals surface area contributed by atoms with E-state index in [4.69, 9.17) is 11.6 Å². The fourth-order valence-electron chi connectivity index (χ4n) is 1.21. The predicted octanol–water partition coefficient (Wildman–Crippen LogP) is 1.84. The average molecular weight is 270 g/mol. The third-order valence-electron chi connectivity index (χ3n) is 2.22. The lowest BCUT2D eigenvalue weighted by Crippen LogP contribution is -2.36. The second-order valence-electron chi connectivity index (χ2n) is 4.23. The van der Waals surface area contributed by atoms with Crippen molar-refractivity contribution in [2.75, 3.05) is 11.9 Å². The average Bonchev–Trinajstić information content (AvgIpc) is 2.31. The molecule has 6 heteroatoms. The minimum absolute atomic E-state index is 0.154. The predicted molar refractivity (Wildman–Crippen MR) is 70.3 cm³/mol. The molecule has 0 fully saturated rings. The Morgan fingerprint density at radius 2 is 2.11 bits per heavy atom. The van der Waals surface area contributed by atoms with Crippen LogP contribution in [0.4, 0.5) is 5.69 Å². The van der Waals surface area contributed by atoms with Crippen molar-refractivity contribution in [1.82, 2.24) is 10.3 Å². The summed E-state index contributed by atoms with van der Waals surface area (Å²) in [5.74, 6) is -0.939. The van der Waals surface area contributed by atoms with E-state index in [2.05, 4.69) is 15.6 Å². The number of carbonyl (C=O) groups is 2. The van der Waals surface area contributed by atoms with Crippen molar-refractivity contribution in [3.8, 4) is 0 Å². The molecule has 0 bridgehead atoms. The van der Waals surface area contributed by atoms with Crippen LogP contribution in [-0.4, -0.2) is 23.3 Å². The van der Waals surface area contributed by atoms with Gasteiger partial charge in [-0.1, -0.05) is 25.4 Å². The van der Waals surface area contributed by atoms with E-state index in [1.165, 1.54) is 6.20 Å². The van der Waals surface area contributed by atoms with Crippen LogP contribution >= 0.6 is 11.6 Å². The number of hydrogen-bond donors (Lipinski definition) is 2. The van der Waals surface area contributed by atoms with Gasteiger partial charge in [0.2, 0.25) is 0 Å². The summed E-state index contributed by atoms with van der Waals surface area (Å²) in [7, 11) is 0. The normalized spacial score (nSPS) is 10.2. The molecule has 0 aliphatic rings. The fourth-order valence-corrected chi connectivity index (χ4v) is 1.38. The molecule has 2 amide bonds. The summed E-state index contributed by atoms with van der Waals surface area (Å²) < 4.78 is 0. The van der Waals surface area contributed by atoms with Crippen LogP contribution in [0.1, 0.15) is 20.3 Å². The Hall–Kier alpha value is -1.62. The maximum Gasteiger partial charge on any atom is 0.313 e. The SMILES string of the molecule is CC(C)CCNC(=O)C(=O)Nc1cccnc1Cl. The van der Waals surface area contributed by atoms with Crippen molar-refractivity contribution >= 4 is 29.1 Å². The summed E-state index contributed by atoms with van der Waals surface area (Å²) in [6, 6.07) is 3.20. The molecule has 0 saturated heterocycles. The van der Waals surface area contributed by atoms with Gasteiger partial charge in [-0.3, -0.25) is 9.59 Å². The number of nitrogens with zero attached hydrogens (tertiary/aromatic N) is 1. The van der Waals surface area contributed by atoms with Crippen LogP contribution < -0.4 is 10.6 Å². The van der Waals surface area contributed by atoms with E-state index >= 15 is 0 Å². The first-order valence-corrected chi connectivity index (χ1v) is 6.08. The van der Waals surface area contributed by atoms with Crippen molar-refractivity contribution in [2.24, 2.45) is 5.92 Å². The molecule has 0 aliphatic carbocycles. The molecule has 0 spiro atoms. The lowest BCUT2D eigenvalue weighted by Gasteiger charge is -2.08. The van der Waals surface area contributed by atoms with Crippen LogP contribution in [0.3, 0.4) is 0 Å². The molecule has 1 rings (SSSR count). The maximum atomic E-state index is 11.5. The number of nitrogens with one attached hydrogen (secondary N) is 2. The van der Waals surface area contributed by atoms with Gasteiger partial charge in [0.05, 0.1) is 5.69 Å². The van der Waals surface area contributed by atoms with Gasteiger partial charge in [0.25, 0.3) is 0 Å². The highest BCUT2D eigenvalue weighted by Crippen LogP contribution is 2.16. The molecule has 1 aromatic heterocycles. The van der Waals surface area contributed by atoms with Crippen molar-refractivity contribution in [2.45, 2.75) is 20.3 Å². The van der Waals surface area contributed by atoms with Gasteiger partial charge < -0.3 is 10.6 Å². The highest BCUT2D eigenvalue weighted by atomic mass is 35.5. The second kappa shape index (κ2) is 6.96. The van der Waals surface area contributed by atoms with Crippen LogP contribution in [0, 0.1) is 5.92 Å². The third kappa shape index (κ3) is 4.71. The summed E-state index contributed by atoms with van der Waals surface area (Å²) in [6.45, 7) is 4.56. The Balaban J connectivity index is 2.46. The van der Waals surface area contributed by atoms with E-state index in [9.17, 15) is 9.59 Å². The van der Waals surface area contributed by atoms with Gasteiger partial charge >= 0.3 is 11.8 Å². The molecule has 0 radical (unpaired) electrons. The minimum atomic E-state index is -0.742. The molecular formula is C12H16ClN3O2. The van der Waals surface area contributed by atoms with E-state index in [1.54, 1.807) is 12.1 Å². The van der Waals surface area contributed by atoms with Crippen LogP contribution in [0.5, 0.6) is 0 Å². The van der Waals surface area contributed by atoms with Gasteiger partial charge in [0.1, 0.15) is 0 Å². The number of hydrogen-bond acceptors (Lipinski definition) is 3. The highest BCUT2D eigenvalue weighted by Gasteiger charge is 2.14. The van der Waals surface area contributed by atoms with Crippen LogP contribution in [0.2, 0.25) is 5.15 Å². The highest BCUT2D eigenvalue weighted by molar-refractivity contribution is 6.41. The standard InChI is InChI=1S/C12H16ClN3O2/c1-8(2)5-7-15-11(17)12(18)16-9-4-3-6-14-10(9)13/h3-4,6,8H,5,7H2,1-2H3,(H,15,17)(H,16,18). The first kappa shape index (κ1) is 14.4. The molecule has 5 nitrogen and oxygen atoms in total. The lowest BCUT2D eigenvalue weighted by atomic mass is 10.1. The quantitative estimate of drug-likeness (QED) is 0.647. The number of anilines is 1. The summed E-state index contributed by atoms with van der Waals surface area (Å²) in [6.07, 6.45) is 2.33. The van der Waals surface area contributed by atoms with E-state index in [0.29, 0.717) is 18.2 Å². The van der Waals surface area contributed by atoms with E-state index in [0.717, 1.165) is 6.42 Å². The maximum absolute atomic E-state index is 11.5. The molecule has 0 unspecified atom stereocenters. The number of aromatic nitrogens is 1. The van der Waals surface area contributed by atoms with Gasteiger partial charge in [0.15, 0.2) is 5.15 Å². The summed E-state index contributed by atoms with van der Waals surface area (Å²) >= 11 is 5.76. The third-order valence-corrected chi connectivity index (χ3v) is 2.52. The lowest BCUT2D eigenvalue weighted by molar-refractivity contribution is -0.136. The van der Waals surface area contributed by atoms with Crippen molar-refractivity contribution in [1.29, 1.82) is 0 Å². The molecule has 0 aliphatic heterocycles. The fraction of sp³-hybridized carbons (Fsp3) is 0.417. The molecule has 2 N–H and O–H groups in total.